The number of sulfonamides is 1. The minimum Gasteiger partial charge on any atom is -0.486 e. The Kier molecular flexibility index (Phi) is 6.11. The summed E-state index contributed by atoms with van der Waals surface area (Å²) in [5, 5.41) is 0. The van der Waals surface area contributed by atoms with E-state index in [4.69, 9.17) is 9.47 Å². The van der Waals surface area contributed by atoms with Crippen LogP contribution in [0.1, 0.15) is 12.5 Å². The van der Waals surface area contributed by atoms with E-state index in [1.165, 1.54) is 10.4 Å². The molecule has 9 heteroatoms. The molecule has 1 atom stereocenters. The number of carbonyl (C=O) groups is 1. The Morgan fingerprint density at radius 3 is 2.20 bits per heavy atom. The van der Waals surface area contributed by atoms with Gasteiger partial charge in [0.1, 0.15) is 13.2 Å². The molecule has 0 radical (unpaired) electrons. The highest BCUT2D eigenvalue weighted by Crippen LogP contribution is 2.37. The number of benzene rings is 2. The van der Waals surface area contributed by atoms with Gasteiger partial charge < -0.3 is 19.3 Å². The third kappa shape index (κ3) is 4.32. The number of fused-ring (bicyclic) bond motifs is 1. The van der Waals surface area contributed by atoms with Crippen LogP contribution in [0.4, 0.5) is 0 Å². The Labute approximate surface area is 206 Å². The first-order valence-corrected chi connectivity index (χ1v) is 13.2. The van der Waals surface area contributed by atoms with Crippen molar-refractivity contribution in [2.75, 3.05) is 60.0 Å². The highest BCUT2D eigenvalue weighted by Gasteiger charge is 2.44. The lowest BCUT2D eigenvalue weighted by atomic mass is 9.80. The molecule has 0 aliphatic carbocycles. The number of likely N-dealkylation sites (N-methyl/N-ethyl adjacent to an activating group) is 1. The molecule has 0 unspecified atom stereocenters. The second-order valence-corrected chi connectivity index (χ2v) is 11.8. The van der Waals surface area contributed by atoms with Crippen LogP contribution in [0.25, 0.3) is 0 Å². The van der Waals surface area contributed by atoms with Crippen LogP contribution < -0.4 is 9.47 Å². The van der Waals surface area contributed by atoms with Gasteiger partial charge in [-0.3, -0.25) is 4.79 Å². The maximum atomic E-state index is 13.8. The van der Waals surface area contributed by atoms with E-state index in [0.717, 1.165) is 16.7 Å². The van der Waals surface area contributed by atoms with Crippen LogP contribution in [-0.4, -0.2) is 88.5 Å². The molecule has 0 spiro atoms. The van der Waals surface area contributed by atoms with Gasteiger partial charge in [-0.25, -0.2) is 8.42 Å². The van der Waals surface area contributed by atoms with Crippen molar-refractivity contribution in [2.24, 2.45) is 0 Å². The Balaban J connectivity index is 1.30. The molecule has 35 heavy (non-hydrogen) atoms. The van der Waals surface area contributed by atoms with E-state index in [1.54, 1.807) is 12.1 Å². The third-order valence-electron chi connectivity index (χ3n) is 6.95. The van der Waals surface area contributed by atoms with Gasteiger partial charge in [0.15, 0.2) is 11.5 Å². The molecule has 2 aromatic rings. The molecular formula is C26H31N3O5S. The first kappa shape index (κ1) is 23.8. The zero-order chi connectivity index (χ0) is 24.8. The summed E-state index contributed by atoms with van der Waals surface area (Å²) >= 11 is 0. The summed E-state index contributed by atoms with van der Waals surface area (Å²) in [6.07, 6.45) is 0. The van der Waals surface area contributed by atoms with E-state index in [2.05, 4.69) is 0 Å². The van der Waals surface area contributed by atoms with Gasteiger partial charge in [-0.2, -0.15) is 4.31 Å². The molecule has 1 amide bonds. The van der Waals surface area contributed by atoms with Crippen molar-refractivity contribution in [2.45, 2.75) is 17.2 Å². The molecular weight excluding hydrogens is 466 g/mol. The Hall–Kier alpha value is -2.88. The van der Waals surface area contributed by atoms with Crippen LogP contribution >= 0.6 is 0 Å². The Bertz CT molecular complexity index is 1260. The first-order chi connectivity index (χ1) is 16.7. The van der Waals surface area contributed by atoms with Crippen molar-refractivity contribution in [3.63, 3.8) is 0 Å². The van der Waals surface area contributed by atoms with Gasteiger partial charge in [0, 0.05) is 38.8 Å². The molecule has 5 rings (SSSR count). The lowest BCUT2D eigenvalue weighted by molar-refractivity contribution is -0.136. The average Bonchev–Trinajstić information content (AvgIpc) is 3.43. The topological polar surface area (TPSA) is 79.4 Å². The fraction of sp³-hybridized carbons (Fsp3) is 0.423. The molecule has 3 heterocycles. The van der Waals surface area contributed by atoms with Crippen molar-refractivity contribution < 1.29 is 22.7 Å². The number of hydrogen-bond acceptors (Lipinski definition) is 6. The van der Waals surface area contributed by atoms with Crippen molar-refractivity contribution in [1.82, 2.24) is 14.1 Å². The van der Waals surface area contributed by atoms with E-state index in [-0.39, 0.29) is 10.8 Å². The highest BCUT2D eigenvalue weighted by atomic mass is 32.2. The van der Waals surface area contributed by atoms with Crippen LogP contribution in [0.15, 0.2) is 64.6 Å². The standard InChI is InChI=1S/C26H31N3O5S/c1-26(18-27(2)3,21-7-5-4-6-8-21)25(30)28-14-19-16-29(17-20(19)15-28)35(31,32)22-9-10-23-24(13-22)34-12-11-33-23/h4-10,13H,11-12,14-18H2,1-3H3/t26-/m1/s1. The lowest BCUT2D eigenvalue weighted by Gasteiger charge is -2.36. The molecule has 0 aromatic heterocycles. The van der Waals surface area contributed by atoms with Gasteiger partial charge >= 0.3 is 0 Å². The van der Waals surface area contributed by atoms with E-state index in [1.807, 2.05) is 61.2 Å². The average molecular weight is 498 g/mol. The number of hydrogen-bond donors (Lipinski definition) is 0. The molecule has 2 aromatic carbocycles. The Morgan fingerprint density at radius 2 is 1.57 bits per heavy atom. The smallest absolute Gasteiger partial charge is 0.243 e. The Morgan fingerprint density at radius 1 is 0.943 bits per heavy atom. The summed E-state index contributed by atoms with van der Waals surface area (Å²) in [5.74, 6) is 1.08. The van der Waals surface area contributed by atoms with Crippen molar-refractivity contribution in [1.29, 1.82) is 0 Å². The summed E-state index contributed by atoms with van der Waals surface area (Å²) in [7, 11) is 0.246. The number of ether oxygens (including phenoxy) is 2. The van der Waals surface area contributed by atoms with Crippen molar-refractivity contribution in [3.8, 4) is 11.5 Å². The quantitative estimate of drug-likeness (QED) is 0.569. The predicted molar refractivity (Wildman–Crippen MR) is 132 cm³/mol. The zero-order valence-electron chi connectivity index (χ0n) is 20.4. The maximum absolute atomic E-state index is 13.8. The largest absolute Gasteiger partial charge is 0.486 e. The van der Waals surface area contributed by atoms with Crippen LogP contribution in [0.3, 0.4) is 0 Å². The third-order valence-corrected chi connectivity index (χ3v) is 8.74. The second kappa shape index (κ2) is 8.96. The normalized spacial score (nSPS) is 19.7. The number of amides is 1. The van der Waals surface area contributed by atoms with Gasteiger partial charge in [0.2, 0.25) is 15.9 Å². The SMILES string of the molecule is CN(C)C[C@@](C)(C(=O)N1CC2=C(C1)CN(S(=O)(=O)c1ccc3c(c1)OCCO3)C2)c1ccccc1. The van der Waals surface area contributed by atoms with Gasteiger partial charge in [-0.05, 0) is 49.9 Å². The molecule has 186 valence electrons. The molecule has 3 aliphatic rings. The zero-order valence-corrected chi connectivity index (χ0v) is 21.2. The molecule has 0 saturated heterocycles. The predicted octanol–water partition coefficient (Wildman–Crippen LogP) is 2.12. The highest BCUT2D eigenvalue weighted by molar-refractivity contribution is 7.89. The molecule has 0 fully saturated rings. The minimum absolute atomic E-state index is 0.0630. The molecule has 8 nitrogen and oxygen atoms in total. The molecule has 0 saturated carbocycles. The van der Waals surface area contributed by atoms with Crippen LogP contribution in [0.5, 0.6) is 11.5 Å². The van der Waals surface area contributed by atoms with Crippen LogP contribution in [0.2, 0.25) is 0 Å². The van der Waals surface area contributed by atoms with E-state index < -0.39 is 15.4 Å². The lowest BCUT2D eigenvalue weighted by Crippen LogP contribution is -2.50. The molecule has 0 N–H and O–H groups in total. The minimum atomic E-state index is -3.69. The van der Waals surface area contributed by atoms with Crippen molar-refractivity contribution in [3.05, 3.63) is 65.2 Å². The number of nitrogens with zero attached hydrogens (tertiary/aromatic N) is 3. The van der Waals surface area contributed by atoms with E-state index in [9.17, 15) is 13.2 Å². The summed E-state index contributed by atoms with van der Waals surface area (Å²) < 4.78 is 39.3. The first-order valence-electron chi connectivity index (χ1n) is 11.8. The summed E-state index contributed by atoms with van der Waals surface area (Å²) in [6.45, 7) is 4.94. The fourth-order valence-corrected chi connectivity index (χ4v) is 6.71. The number of rotatable bonds is 6. The summed E-state index contributed by atoms with van der Waals surface area (Å²) in [6, 6.07) is 14.6. The van der Waals surface area contributed by atoms with Crippen LogP contribution in [-0.2, 0) is 20.2 Å². The maximum Gasteiger partial charge on any atom is 0.243 e. The molecule has 3 aliphatic heterocycles. The van der Waals surface area contributed by atoms with Crippen molar-refractivity contribution >= 4 is 15.9 Å². The van der Waals surface area contributed by atoms with E-state index in [0.29, 0.717) is 57.4 Å². The monoisotopic (exact) mass is 497 g/mol. The van der Waals surface area contributed by atoms with E-state index >= 15 is 0 Å². The molecule has 0 bridgehead atoms. The summed E-state index contributed by atoms with van der Waals surface area (Å²) in [4.78, 5) is 17.9. The fourth-order valence-electron chi connectivity index (χ4n) is 5.26. The van der Waals surface area contributed by atoms with Crippen LogP contribution in [0, 0.1) is 0 Å². The van der Waals surface area contributed by atoms with Gasteiger partial charge in [0.25, 0.3) is 0 Å². The van der Waals surface area contributed by atoms with Gasteiger partial charge in [-0.1, -0.05) is 30.3 Å². The number of carbonyl (C=O) groups excluding carboxylic acids is 1. The van der Waals surface area contributed by atoms with Gasteiger partial charge in [-0.15, -0.1) is 0 Å². The summed E-state index contributed by atoms with van der Waals surface area (Å²) in [5.41, 5.74) is 2.31. The van der Waals surface area contributed by atoms with Gasteiger partial charge in [0.05, 0.1) is 10.3 Å². The second-order valence-electron chi connectivity index (χ2n) is 9.88.